The Hall–Kier alpha value is 0.930. The number of rotatable bonds is 2. The molecule has 13 heavy (non-hydrogen) atoms. The monoisotopic (exact) mass is 407 g/mol. The zero-order chi connectivity index (χ0) is 10.0. The molecule has 0 saturated carbocycles. The van der Waals surface area contributed by atoms with Gasteiger partial charge in [0.05, 0.1) is 7.97 Å². The minimum absolute atomic E-state index is 0.222. The van der Waals surface area contributed by atoms with Gasteiger partial charge in [-0.3, -0.25) is 4.79 Å². The van der Waals surface area contributed by atoms with Crippen molar-refractivity contribution in [1.29, 1.82) is 0 Å². The SMILES string of the molecule is CC(C)[C@H]1CCC(=O)N[C@@H]1C(I)I. The van der Waals surface area contributed by atoms with Gasteiger partial charge in [0.15, 0.2) is 0 Å². The van der Waals surface area contributed by atoms with Crippen molar-refractivity contribution in [2.24, 2.45) is 11.8 Å². The number of hydrogen-bond donors (Lipinski definition) is 1. The quantitative estimate of drug-likeness (QED) is 0.554. The number of carbonyl (C=O) groups excluding carboxylic acids is 1. The Morgan fingerprint density at radius 3 is 2.54 bits per heavy atom. The van der Waals surface area contributed by atoms with E-state index in [2.05, 4.69) is 64.3 Å². The van der Waals surface area contributed by atoms with Gasteiger partial charge < -0.3 is 5.32 Å². The van der Waals surface area contributed by atoms with Gasteiger partial charge in [0, 0.05) is 6.42 Å². The van der Waals surface area contributed by atoms with Crippen LogP contribution >= 0.6 is 45.2 Å². The lowest BCUT2D eigenvalue weighted by Crippen LogP contribution is -2.49. The highest BCUT2D eigenvalue weighted by molar-refractivity contribution is 14.2. The number of nitrogens with one attached hydrogen (secondary N) is 1. The molecule has 1 fully saturated rings. The van der Waals surface area contributed by atoms with Gasteiger partial charge in [-0.2, -0.15) is 0 Å². The largest absolute Gasteiger partial charge is 0.351 e. The predicted molar refractivity (Wildman–Crippen MR) is 71.3 cm³/mol. The third-order valence-electron chi connectivity index (χ3n) is 2.62. The highest BCUT2D eigenvalue weighted by Gasteiger charge is 2.33. The molecule has 0 aromatic heterocycles. The van der Waals surface area contributed by atoms with Crippen LogP contribution in [0.25, 0.3) is 0 Å². The summed E-state index contributed by atoms with van der Waals surface area (Å²) in [6.07, 6.45) is 1.76. The van der Waals surface area contributed by atoms with Crippen LogP contribution in [0, 0.1) is 11.8 Å². The van der Waals surface area contributed by atoms with E-state index < -0.39 is 0 Å². The first-order valence-corrected chi connectivity index (χ1v) is 7.09. The van der Waals surface area contributed by atoms with Crippen LogP contribution in [0.1, 0.15) is 26.7 Å². The molecule has 0 aromatic rings. The Morgan fingerprint density at radius 2 is 2.08 bits per heavy atom. The molecule has 0 unspecified atom stereocenters. The molecule has 0 aromatic carbocycles. The summed E-state index contributed by atoms with van der Waals surface area (Å²) in [4.78, 5) is 11.2. The maximum atomic E-state index is 11.2. The fraction of sp³-hybridized carbons (Fsp3) is 0.889. The molecule has 4 heteroatoms. The van der Waals surface area contributed by atoms with E-state index in [1.165, 1.54) is 0 Å². The van der Waals surface area contributed by atoms with Gasteiger partial charge in [-0.05, 0) is 18.3 Å². The number of piperidine rings is 1. The molecule has 2 atom stereocenters. The van der Waals surface area contributed by atoms with Crippen molar-refractivity contribution in [3.05, 3.63) is 0 Å². The fourth-order valence-electron chi connectivity index (χ4n) is 1.84. The van der Waals surface area contributed by atoms with Crippen LogP contribution < -0.4 is 5.32 Å². The van der Waals surface area contributed by atoms with Crippen LogP contribution in [0.2, 0.25) is 0 Å². The maximum Gasteiger partial charge on any atom is 0.220 e. The smallest absolute Gasteiger partial charge is 0.220 e. The zero-order valence-electron chi connectivity index (χ0n) is 7.89. The lowest BCUT2D eigenvalue weighted by Gasteiger charge is -2.36. The second-order valence-electron chi connectivity index (χ2n) is 3.87. The summed E-state index contributed by atoms with van der Waals surface area (Å²) in [5.41, 5.74) is 0. The Bertz CT molecular complexity index is 194. The first-order chi connectivity index (χ1) is 6.02. The van der Waals surface area contributed by atoms with Gasteiger partial charge in [0.2, 0.25) is 5.91 Å². The Kier molecular flexibility index (Phi) is 4.74. The molecule has 1 amide bonds. The van der Waals surface area contributed by atoms with Crippen molar-refractivity contribution >= 4 is 51.1 Å². The van der Waals surface area contributed by atoms with E-state index >= 15 is 0 Å². The second kappa shape index (κ2) is 5.14. The van der Waals surface area contributed by atoms with E-state index in [0.717, 1.165) is 6.42 Å². The minimum atomic E-state index is 0.222. The molecule has 1 rings (SSSR count). The van der Waals surface area contributed by atoms with E-state index in [4.69, 9.17) is 0 Å². The van der Waals surface area contributed by atoms with Gasteiger partial charge in [0.1, 0.15) is 0 Å². The van der Waals surface area contributed by atoms with E-state index in [0.29, 0.717) is 26.2 Å². The van der Waals surface area contributed by atoms with E-state index in [1.807, 2.05) is 0 Å². The Morgan fingerprint density at radius 1 is 1.46 bits per heavy atom. The summed E-state index contributed by atoms with van der Waals surface area (Å²) < 4.78 is 0.492. The molecule has 1 N–H and O–H groups in total. The molecular weight excluding hydrogens is 392 g/mol. The summed E-state index contributed by atoms with van der Waals surface area (Å²) in [6.45, 7) is 4.48. The minimum Gasteiger partial charge on any atom is -0.351 e. The van der Waals surface area contributed by atoms with Crippen LogP contribution in [-0.4, -0.2) is 13.9 Å². The number of hydrogen-bond acceptors (Lipinski definition) is 1. The van der Waals surface area contributed by atoms with Crippen LogP contribution in [0.5, 0.6) is 0 Å². The summed E-state index contributed by atoms with van der Waals surface area (Å²) in [6, 6.07) is 0.363. The number of alkyl halides is 2. The average molecular weight is 407 g/mol. The third-order valence-corrected chi connectivity index (χ3v) is 4.17. The maximum absolute atomic E-state index is 11.2. The average Bonchev–Trinajstić information content (AvgIpc) is 2.03. The van der Waals surface area contributed by atoms with Crippen molar-refractivity contribution in [2.45, 2.75) is 34.7 Å². The van der Waals surface area contributed by atoms with Crippen LogP contribution in [0.4, 0.5) is 0 Å². The predicted octanol–water partition coefficient (Wildman–Crippen LogP) is 2.73. The molecule has 0 aliphatic carbocycles. The molecule has 76 valence electrons. The number of halogens is 2. The van der Waals surface area contributed by atoms with Crippen molar-refractivity contribution in [1.82, 2.24) is 5.32 Å². The summed E-state index contributed by atoms with van der Waals surface area (Å²) in [5.74, 6) is 1.54. The van der Waals surface area contributed by atoms with Crippen LogP contribution in [0.15, 0.2) is 0 Å². The fourth-order valence-corrected chi connectivity index (χ4v) is 3.27. The highest BCUT2D eigenvalue weighted by Crippen LogP contribution is 2.31. The van der Waals surface area contributed by atoms with Crippen molar-refractivity contribution in [2.75, 3.05) is 0 Å². The normalized spacial score (nSPS) is 29.5. The molecular formula is C9H15I2NO. The lowest BCUT2D eigenvalue weighted by molar-refractivity contribution is -0.124. The molecule has 1 heterocycles. The van der Waals surface area contributed by atoms with Crippen molar-refractivity contribution < 1.29 is 4.79 Å². The number of carbonyl (C=O) groups is 1. The van der Waals surface area contributed by atoms with Gasteiger partial charge in [-0.1, -0.05) is 59.0 Å². The third kappa shape index (κ3) is 3.21. The zero-order valence-corrected chi connectivity index (χ0v) is 12.2. The first-order valence-electron chi connectivity index (χ1n) is 4.60. The van der Waals surface area contributed by atoms with Gasteiger partial charge in [-0.15, -0.1) is 0 Å². The summed E-state index contributed by atoms with van der Waals surface area (Å²) in [5, 5.41) is 3.09. The second-order valence-corrected chi connectivity index (χ2v) is 8.94. The standard InChI is InChI=1S/C9H15I2NO/c1-5(2)6-3-4-7(13)12-8(6)9(10)11/h5-6,8-9H,3-4H2,1-2H3,(H,12,13)/t6-,8+/m1/s1. The van der Waals surface area contributed by atoms with Gasteiger partial charge >= 0.3 is 0 Å². The van der Waals surface area contributed by atoms with Crippen molar-refractivity contribution in [3.63, 3.8) is 0 Å². The topological polar surface area (TPSA) is 29.1 Å². The van der Waals surface area contributed by atoms with Crippen LogP contribution in [0.3, 0.4) is 0 Å². The van der Waals surface area contributed by atoms with Gasteiger partial charge in [-0.25, -0.2) is 0 Å². The molecule has 1 aliphatic heterocycles. The lowest BCUT2D eigenvalue weighted by atomic mass is 9.83. The molecule has 1 saturated heterocycles. The molecule has 0 radical (unpaired) electrons. The molecule has 0 bridgehead atoms. The highest BCUT2D eigenvalue weighted by atomic mass is 127. The van der Waals surface area contributed by atoms with Crippen LogP contribution in [-0.2, 0) is 4.79 Å². The van der Waals surface area contributed by atoms with E-state index in [-0.39, 0.29) is 5.91 Å². The Balaban J connectivity index is 2.66. The Labute approximate surface area is 107 Å². The first kappa shape index (κ1) is 12.0. The summed E-state index contributed by atoms with van der Waals surface area (Å²) >= 11 is 4.78. The summed E-state index contributed by atoms with van der Waals surface area (Å²) in [7, 11) is 0. The van der Waals surface area contributed by atoms with Crippen molar-refractivity contribution in [3.8, 4) is 0 Å². The number of amides is 1. The van der Waals surface area contributed by atoms with E-state index in [1.54, 1.807) is 0 Å². The molecule has 2 nitrogen and oxygen atoms in total. The molecule has 1 aliphatic rings. The van der Waals surface area contributed by atoms with E-state index in [9.17, 15) is 4.79 Å². The molecule has 0 spiro atoms. The van der Waals surface area contributed by atoms with Gasteiger partial charge in [0.25, 0.3) is 0 Å².